The van der Waals surface area contributed by atoms with Crippen LogP contribution in [-0.4, -0.2) is 34.7 Å². The minimum atomic E-state index is -0.164. The summed E-state index contributed by atoms with van der Waals surface area (Å²) in [5.74, 6) is 0.759. The molecule has 0 saturated carbocycles. The van der Waals surface area contributed by atoms with Crippen LogP contribution in [-0.2, 0) is 4.79 Å². The first kappa shape index (κ1) is 11.8. The first-order valence-electron chi connectivity index (χ1n) is 5.75. The molecule has 1 aromatic rings. The Morgan fingerprint density at radius 3 is 2.71 bits per heavy atom. The highest BCUT2D eigenvalue weighted by atomic mass is 16.4. The number of Topliss-reactive ketones (excluding diaryl/α,β-unsaturated/α-hetero) is 1. The van der Waals surface area contributed by atoms with Crippen LogP contribution < -0.4 is 0 Å². The number of aromatic nitrogens is 1. The SMILES string of the molecule is Cc1nc(C)c(C(=O)N2CCC(=O)C(C)C2)o1. The third-order valence-corrected chi connectivity index (χ3v) is 3.06. The van der Waals surface area contributed by atoms with Crippen molar-refractivity contribution in [1.82, 2.24) is 9.88 Å². The molecule has 1 fully saturated rings. The number of aryl methyl sites for hydroxylation is 2. The van der Waals surface area contributed by atoms with E-state index in [2.05, 4.69) is 4.98 Å². The van der Waals surface area contributed by atoms with E-state index < -0.39 is 0 Å². The van der Waals surface area contributed by atoms with Crippen molar-refractivity contribution in [1.29, 1.82) is 0 Å². The Morgan fingerprint density at radius 1 is 1.47 bits per heavy atom. The molecule has 0 N–H and O–H groups in total. The Bertz CT molecular complexity index is 464. The normalized spacial score (nSPS) is 20.8. The van der Waals surface area contributed by atoms with E-state index in [1.165, 1.54) is 0 Å². The van der Waals surface area contributed by atoms with E-state index in [9.17, 15) is 9.59 Å². The van der Waals surface area contributed by atoms with E-state index in [-0.39, 0.29) is 17.6 Å². The van der Waals surface area contributed by atoms with Gasteiger partial charge in [-0.05, 0) is 6.92 Å². The van der Waals surface area contributed by atoms with Gasteiger partial charge in [-0.25, -0.2) is 4.98 Å². The van der Waals surface area contributed by atoms with Crippen molar-refractivity contribution in [3.63, 3.8) is 0 Å². The fourth-order valence-electron chi connectivity index (χ4n) is 2.07. The number of nitrogens with zero attached hydrogens (tertiary/aromatic N) is 2. The maximum Gasteiger partial charge on any atom is 0.291 e. The largest absolute Gasteiger partial charge is 0.436 e. The van der Waals surface area contributed by atoms with Gasteiger partial charge in [-0.1, -0.05) is 6.92 Å². The lowest BCUT2D eigenvalue weighted by Gasteiger charge is -2.29. The Balaban J connectivity index is 2.16. The Morgan fingerprint density at radius 2 is 2.18 bits per heavy atom. The summed E-state index contributed by atoms with van der Waals surface area (Å²) in [6.07, 6.45) is 0.430. The predicted molar refractivity (Wildman–Crippen MR) is 60.7 cm³/mol. The second kappa shape index (κ2) is 4.31. The molecule has 1 aromatic heterocycles. The van der Waals surface area contributed by atoms with Crippen LogP contribution in [0.5, 0.6) is 0 Å². The summed E-state index contributed by atoms with van der Waals surface area (Å²) in [4.78, 5) is 29.3. The second-order valence-corrected chi connectivity index (χ2v) is 4.52. The summed E-state index contributed by atoms with van der Waals surface area (Å²) < 4.78 is 5.30. The fraction of sp³-hybridized carbons (Fsp3) is 0.583. The van der Waals surface area contributed by atoms with Crippen LogP contribution in [0.15, 0.2) is 4.42 Å². The molecule has 1 aliphatic heterocycles. The third kappa shape index (κ3) is 2.23. The molecule has 0 spiro atoms. The van der Waals surface area contributed by atoms with Crippen molar-refractivity contribution in [3.05, 3.63) is 17.3 Å². The van der Waals surface area contributed by atoms with Crippen LogP contribution in [0.3, 0.4) is 0 Å². The highest BCUT2D eigenvalue weighted by molar-refractivity contribution is 5.94. The lowest BCUT2D eigenvalue weighted by Crippen LogP contribution is -2.43. The first-order valence-corrected chi connectivity index (χ1v) is 5.75. The third-order valence-electron chi connectivity index (χ3n) is 3.06. The molecule has 17 heavy (non-hydrogen) atoms. The van der Waals surface area contributed by atoms with Gasteiger partial charge in [0.15, 0.2) is 5.89 Å². The van der Waals surface area contributed by atoms with E-state index >= 15 is 0 Å². The highest BCUT2D eigenvalue weighted by Crippen LogP contribution is 2.18. The van der Waals surface area contributed by atoms with Crippen LogP contribution in [0.2, 0.25) is 0 Å². The van der Waals surface area contributed by atoms with E-state index in [1.54, 1.807) is 18.7 Å². The molecule has 5 heteroatoms. The summed E-state index contributed by atoms with van der Waals surface area (Å²) in [5.41, 5.74) is 0.608. The smallest absolute Gasteiger partial charge is 0.291 e. The summed E-state index contributed by atoms with van der Waals surface area (Å²) in [6.45, 7) is 6.26. The van der Waals surface area contributed by atoms with Crippen LogP contribution in [0.4, 0.5) is 0 Å². The lowest BCUT2D eigenvalue weighted by molar-refractivity contribution is -0.124. The molecule has 2 rings (SSSR count). The molecule has 0 radical (unpaired) electrons. The quantitative estimate of drug-likeness (QED) is 0.738. The molecule has 1 amide bonds. The summed E-state index contributed by atoms with van der Waals surface area (Å²) in [5, 5.41) is 0. The summed E-state index contributed by atoms with van der Waals surface area (Å²) >= 11 is 0. The zero-order valence-electron chi connectivity index (χ0n) is 10.3. The topological polar surface area (TPSA) is 63.4 Å². The molecule has 1 saturated heterocycles. The molecule has 5 nitrogen and oxygen atoms in total. The number of ketones is 1. The van der Waals surface area contributed by atoms with Gasteiger partial charge in [-0.3, -0.25) is 9.59 Å². The molecule has 1 atom stereocenters. The molecule has 0 aromatic carbocycles. The molecular weight excluding hydrogens is 220 g/mol. The van der Waals surface area contributed by atoms with Gasteiger partial charge in [-0.2, -0.15) is 0 Å². The lowest BCUT2D eigenvalue weighted by atomic mass is 9.98. The van der Waals surface area contributed by atoms with Crippen LogP contribution >= 0.6 is 0 Å². The Kier molecular flexibility index (Phi) is 3.00. The Hall–Kier alpha value is -1.65. The van der Waals surface area contributed by atoms with Gasteiger partial charge in [0.2, 0.25) is 5.76 Å². The van der Waals surface area contributed by atoms with Crippen LogP contribution in [0, 0.1) is 19.8 Å². The van der Waals surface area contributed by atoms with Gasteiger partial charge in [0, 0.05) is 32.4 Å². The molecule has 0 bridgehead atoms. The van der Waals surface area contributed by atoms with Crippen molar-refractivity contribution >= 4 is 11.7 Å². The minimum Gasteiger partial charge on any atom is -0.436 e. The fourth-order valence-corrected chi connectivity index (χ4v) is 2.07. The molecule has 1 aliphatic rings. The summed E-state index contributed by atoms with van der Waals surface area (Å²) in [6, 6.07) is 0. The molecule has 92 valence electrons. The van der Waals surface area contributed by atoms with Gasteiger partial charge >= 0.3 is 0 Å². The Labute approximate surface area is 99.8 Å². The van der Waals surface area contributed by atoms with Crippen molar-refractivity contribution in [2.75, 3.05) is 13.1 Å². The first-order chi connectivity index (χ1) is 7.99. The van der Waals surface area contributed by atoms with Crippen LogP contribution in [0.25, 0.3) is 0 Å². The highest BCUT2D eigenvalue weighted by Gasteiger charge is 2.29. The maximum absolute atomic E-state index is 12.2. The standard InChI is InChI=1S/C12H16N2O3/c1-7-6-14(5-4-10(7)15)12(16)11-8(2)13-9(3)17-11/h7H,4-6H2,1-3H3. The van der Waals surface area contributed by atoms with Crippen molar-refractivity contribution in [2.45, 2.75) is 27.2 Å². The number of oxazole rings is 1. The van der Waals surface area contributed by atoms with Gasteiger partial charge in [-0.15, -0.1) is 0 Å². The predicted octanol–water partition coefficient (Wildman–Crippen LogP) is 1.34. The van der Waals surface area contributed by atoms with Crippen molar-refractivity contribution in [2.24, 2.45) is 5.92 Å². The maximum atomic E-state index is 12.2. The molecular formula is C12H16N2O3. The van der Waals surface area contributed by atoms with E-state index in [0.29, 0.717) is 36.9 Å². The van der Waals surface area contributed by atoms with Gasteiger partial charge < -0.3 is 9.32 Å². The number of carbonyl (C=O) groups excluding carboxylic acids is 2. The van der Waals surface area contributed by atoms with Crippen molar-refractivity contribution in [3.8, 4) is 0 Å². The monoisotopic (exact) mass is 236 g/mol. The number of piperidine rings is 1. The van der Waals surface area contributed by atoms with Gasteiger partial charge in [0.05, 0.1) is 5.69 Å². The number of rotatable bonds is 1. The van der Waals surface area contributed by atoms with E-state index in [1.807, 2.05) is 6.92 Å². The van der Waals surface area contributed by atoms with Crippen molar-refractivity contribution < 1.29 is 14.0 Å². The second-order valence-electron chi connectivity index (χ2n) is 4.52. The number of likely N-dealkylation sites (tertiary alicyclic amines) is 1. The number of amides is 1. The number of carbonyl (C=O) groups is 2. The zero-order chi connectivity index (χ0) is 12.6. The van der Waals surface area contributed by atoms with E-state index in [0.717, 1.165) is 0 Å². The van der Waals surface area contributed by atoms with Gasteiger partial charge in [0.25, 0.3) is 5.91 Å². The molecule has 2 heterocycles. The summed E-state index contributed by atoms with van der Waals surface area (Å²) in [7, 11) is 0. The van der Waals surface area contributed by atoms with Crippen LogP contribution in [0.1, 0.15) is 35.5 Å². The molecule has 1 unspecified atom stereocenters. The number of hydrogen-bond donors (Lipinski definition) is 0. The van der Waals surface area contributed by atoms with E-state index in [4.69, 9.17) is 4.42 Å². The minimum absolute atomic E-state index is 0.0861. The van der Waals surface area contributed by atoms with Gasteiger partial charge in [0.1, 0.15) is 5.78 Å². The number of hydrogen-bond acceptors (Lipinski definition) is 4. The average molecular weight is 236 g/mol. The molecule has 0 aliphatic carbocycles. The average Bonchev–Trinajstić information content (AvgIpc) is 2.61. The zero-order valence-corrected chi connectivity index (χ0v) is 10.3.